The van der Waals surface area contributed by atoms with Gasteiger partial charge in [0.1, 0.15) is 5.82 Å². The van der Waals surface area contributed by atoms with Crippen molar-refractivity contribution in [2.75, 3.05) is 6.54 Å². The number of nitrogens with two attached hydrogens (primary N) is 1. The van der Waals surface area contributed by atoms with E-state index >= 15 is 0 Å². The highest BCUT2D eigenvalue weighted by Gasteiger charge is 2.14. The van der Waals surface area contributed by atoms with E-state index in [4.69, 9.17) is 5.73 Å². The summed E-state index contributed by atoms with van der Waals surface area (Å²) in [4.78, 5) is 7.96. The first kappa shape index (κ1) is 13.8. The molecule has 3 nitrogen and oxygen atoms in total. The van der Waals surface area contributed by atoms with Gasteiger partial charge < -0.3 is 10.7 Å². The topological polar surface area (TPSA) is 54.7 Å². The molecule has 102 valence electrons. The maximum absolute atomic E-state index is 5.59. The number of benzene rings is 1. The molecule has 3 heteroatoms. The number of hydrogen-bond acceptors (Lipinski definition) is 2. The van der Waals surface area contributed by atoms with Gasteiger partial charge in [-0.05, 0) is 24.4 Å². The molecule has 0 aliphatic rings. The van der Waals surface area contributed by atoms with Crippen LogP contribution in [-0.4, -0.2) is 16.5 Å². The summed E-state index contributed by atoms with van der Waals surface area (Å²) in [7, 11) is 0. The van der Waals surface area contributed by atoms with E-state index in [2.05, 4.69) is 55.0 Å². The van der Waals surface area contributed by atoms with Crippen LogP contribution in [0.15, 0.2) is 24.3 Å². The van der Waals surface area contributed by atoms with Gasteiger partial charge in [0.25, 0.3) is 0 Å². The molecule has 0 aliphatic carbocycles. The van der Waals surface area contributed by atoms with Crippen molar-refractivity contribution in [3.63, 3.8) is 0 Å². The second-order valence-corrected chi connectivity index (χ2v) is 6.02. The average molecular weight is 257 g/mol. The molecular weight excluding hydrogens is 234 g/mol. The molecule has 0 saturated heterocycles. The Hall–Kier alpha value is -1.61. The Bertz CT molecular complexity index is 544. The summed E-state index contributed by atoms with van der Waals surface area (Å²) >= 11 is 0. The van der Waals surface area contributed by atoms with Gasteiger partial charge in [-0.15, -0.1) is 0 Å². The van der Waals surface area contributed by atoms with E-state index in [0.29, 0.717) is 6.54 Å². The van der Waals surface area contributed by atoms with Gasteiger partial charge in [0.15, 0.2) is 0 Å². The maximum Gasteiger partial charge on any atom is 0.137 e. The number of hydrogen-bond donors (Lipinski definition) is 2. The standard InChI is InChI=1S/C16H23N3/c1-11-14(9-10-17)19-15(18-11)12-5-7-13(8-6-12)16(2,3)4/h5-8H,9-10,17H2,1-4H3,(H,18,19). The van der Waals surface area contributed by atoms with Gasteiger partial charge in [-0.25, -0.2) is 4.98 Å². The number of aromatic amines is 1. The number of aryl methyl sites for hydroxylation is 1. The molecular formula is C16H23N3. The molecule has 1 heterocycles. The van der Waals surface area contributed by atoms with Crippen molar-refractivity contribution in [2.24, 2.45) is 5.73 Å². The van der Waals surface area contributed by atoms with Crippen molar-refractivity contribution in [1.82, 2.24) is 9.97 Å². The van der Waals surface area contributed by atoms with E-state index in [-0.39, 0.29) is 5.41 Å². The molecule has 2 aromatic rings. The zero-order valence-electron chi connectivity index (χ0n) is 12.2. The Morgan fingerprint density at radius 3 is 2.32 bits per heavy atom. The zero-order valence-corrected chi connectivity index (χ0v) is 12.2. The van der Waals surface area contributed by atoms with Crippen LogP contribution in [0.5, 0.6) is 0 Å². The SMILES string of the molecule is Cc1[nH]c(-c2ccc(C(C)(C)C)cc2)nc1CCN. The van der Waals surface area contributed by atoms with Crippen LogP contribution in [-0.2, 0) is 11.8 Å². The molecule has 0 amide bonds. The summed E-state index contributed by atoms with van der Waals surface area (Å²) in [5.41, 5.74) is 10.4. The molecule has 0 spiro atoms. The van der Waals surface area contributed by atoms with Gasteiger partial charge in [-0.3, -0.25) is 0 Å². The normalized spacial score (nSPS) is 11.8. The molecule has 1 aromatic carbocycles. The number of H-pyrrole nitrogens is 1. The molecule has 19 heavy (non-hydrogen) atoms. The molecule has 1 aromatic heterocycles. The first-order valence-corrected chi connectivity index (χ1v) is 6.78. The Morgan fingerprint density at radius 1 is 1.16 bits per heavy atom. The van der Waals surface area contributed by atoms with Gasteiger partial charge in [0.2, 0.25) is 0 Å². The minimum atomic E-state index is 0.183. The van der Waals surface area contributed by atoms with Crippen molar-refractivity contribution in [3.8, 4) is 11.4 Å². The van der Waals surface area contributed by atoms with Gasteiger partial charge in [-0.1, -0.05) is 45.0 Å². The highest BCUT2D eigenvalue weighted by molar-refractivity contribution is 5.57. The molecule has 0 atom stereocenters. The van der Waals surface area contributed by atoms with E-state index in [1.54, 1.807) is 0 Å². The summed E-state index contributed by atoms with van der Waals surface area (Å²) in [5.74, 6) is 0.932. The third-order valence-corrected chi connectivity index (χ3v) is 3.39. The van der Waals surface area contributed by atoms with Gasteiger partial charge in [-0.2, -0.15) is 0 Å². The fourth-order valence-electron chi connectivity index (χ4n) is 2.14. The summed E-state index contributed by atoms with van der Waals surface area (Å²) in [6.07, 6.45) is 0.822. The number of aromatic nitrogens is 2. The lowest BCUT2D eigenvalue weighted by atomic mass is 9.87. The van der Waals surface area contributed by atoms with Crippen LogP contribution in [0, 0.1) is 6.92 Å². The first-order valence-electron chi connectivity index (χ1n) is 6.78. The Morgan fingerprint density at radius 2 is 1.79 bits per heavy atom. The maximum atomic E-state index is 5.59. The molecule has 0 aliphatic heterocycles. The highest BCUT2D eigenvalue weighted by Crippen LogP contribution is 2.25. The van der Waals surface area contributed by atoms with Crippen LogP contribution in [0.4, 0.5) is 0 Å². The lowest BCUT2D eigenvalue weighted by Gasteiger charge is -2.18. The number of imidazole rings is 1. The predicted molar refractivity (Wildman–Crippen MR) is 80.2 cm³/mol. The average Bonchev–Trinajstić information content (AvgIpc) is 2.71. The van der Waals surface area contributed by atoms with Crippen LogP contribution in [0.3, 0.4) is 0 Å². The highest BCUT2D eigenvalue weighted by atomic mass is 14.9. The number of nitrogens with zero attached hydrogens (tertiary/aromatic N) is 1. The lowest BCUT2D eigenvalue weighted by molar-refractivity contribution is 0.590. The second kappa shape index (κ2) is 5.17. The van der Waals surface area contributed by atoms with Crippen LogP contribution in [0.2, 0.25) is 0 Å². The van der Waals surface area contributed by atoms with Gasteiger partial charge in [0.05, 0.1) is 5.69 Å². The third-order valence-electron chi connectivity index (χ3n) is 3.39. The van der Waals surface area contributed by atoms with Gasteiger partial charge >= 0.3 is 0 Å². The molecule has 0 bridgehead atoms. The van der Waals surface area contributed by atoms with E-state index in [1.165, 1.54) is 5.56 Å². The molecule has 0 radical (unpaired) electrons. The summed E-state index contributed by atoms with van der Waals surface area (Å²) < 4.78 is 0. The van der Waals surface area contributed by atoms with Crippen molar-refractivity contribution in [2.45, 2.75) is 39.5 Å². The fraction of sp³-hybridized carbons (Fsp3) is 0.438. The van der Waals surface area contributed by atoms with Crippen LogP contribution < -0.4 is 5.73 Å². The minimum Gasteiger partial charge on any atom is -0.342 e. The largest absolute Gasteiger partial charge is 0.342 e. The van der Waals surface area contributed by atoms with Crippen molar-refractivity contribution in [3.05, 3.63) is 41.2 Å². The predicted octanol–water partition coefficient (Wildman–Crippen LogP) is 3.18. The summed E-state index contributed by atoms with van der Waals surface area (Å²) in [6.45, 7) is 9.34. The monoisotopic (exact) mass is 257 g/mol. The minimum absolute atomic E-state index is 0.183. The third kappa shape index (κ3) is 3.04. The quantitative estimate of drug-likeness (QED) is 0.887. The van der Waals surface area contributed by atoms with Crippen molar-refractivity contribution in [1.29, 1.82) is 0 Å². The second-order valence-electron chi connectivity index (χ2n) is 6.02. The molecule has 0 saturated carbocycles. The molecule has 2 rings (SSSR count). The zero-order chi connectivity index (χ0) is 14.0. The van der Waals surface area contributed by atoms with E-state index in [1.807, 2.05) is 6.92 Å². The van der Waals surface area contributed by atoms with E-state index < -0.39 is 0 Å². The molecule has 0 unspecified atom stereocenters. The Kier molecular flexibility index (Phi) is 3.76. The van der Waals surface area contributed by atoms with E-state index in [0.717, 1.165) is 29.2 Å². The van der Waals surface area contributed by atoms with Crippen LogP contribution in [0.25, 0.3) is 11.4 Å². The number of rotatable bonds is 3. The Labute approximate surface area is 115 Å². The number of nitrogens with one attached hydrogen (secondary N) is 1. The lowest BCUT2D eigenvalue weighted by Crippen LogP contribution is -2.10. The van der Waals surface area contributed by atoms with E-state index in [9.17, 15) is 0 Å². The first-order chi connectivity index (χ1) is 8.91. The summed E-state index contributed by atoms with van der Waals surface area (Å²) in [5, 5.41) is 0. The van der Waals surface area contributed by atoms with Crippen LogP contribution in [0.1, 0.15) is 37.7 Å². The van der Waals surface area contributed by atoms with Crippen molar-refractivity contribution < 1.29 is 0 Å². The molecule has 3 N–H and O–H groups in total. The van der Waals surface area contributed by atoms with Crippen LogP contribution >= 0.6 is 0 Å². The molecule has 0 fully saturated rings. The van der Waals surface area contributed by atoms with Gasteiger partial charge in [0, 0.05) is 17.7 Å². The van der Waals surface area contributed by atoms with Crippen molar-refractivity contribution >= 4 is 0 Å². The fourth-order valence-corrected chi connectivity index (χ4v) is 2.14. The smallest absolute Gasteiger partial charge is 0.137 e. The Balaban J connectivity index is 2.30. The summed E-state index contributed by atoms with van der Waals surface area (Å²) in [6, 6.07) is 8.61.